The van der Waals surface area contributed by atoms with Crippen molar-refractivity contribution < 1.29 is 14.0 Å². The first-order valence-corrected chi connectivity index (χ1v) is 7.26. The smallest absolute Gasteiger partial charge is 0.249 e. The van der Waals surface area contributed by atoms with E-state index in [2.05, 4.69) is 10.6 Å². The summed E-state index contributed by atoms with van der Waals surface area (Å²) in [6.45, 7) is 1.25. The molecule has 5 nitrogen and oxygen atoms in total. The van der Waals surface area contributed by atoms with Crippen LogP contribution in [-0.4, -0.2) is 37.0 Å². The summed E-state index contributed by atoms with van der Waals surface area (Å²) in [4.78, 5) is 25.8. The van der Waals surface area contributed by atoms with Gasteiger partial charge in [0.2, 0.25) is 11.8 Å². The topological polar surface area (TPSA) is 61.4 Å². The lowest BCUT2D eigenvalue weighted by Crippen LogP contribution is -2.48. The van der Waals surface area contributed by atoms with Crippen LogP contribution in [0.4, 0.5) is 10.1 Å². The summed E-state index contributed by atoms with van der Waals surface area (Å²) < 4.78 is 13.8. The lowest BCUT2D eigenvalue weighted by atomic mass is 10.2. The summed E-state index contributed by atoms with van der Waals surface area (Å²) in [7, 11) is 0. The van der Waals surface area contributed by atoms with Crippen LogP contribution in [0.3, 0.4) is 0 Å². The van der Waals surface area contributed by atoms with Gasteiger partial charge < -0.3 is 15.5 Å². The van der Waals surface area contributed by atoms with Gasteiger partial charge in [-0.3, -0.25) is 9.59 Å². The number of rotatable bonds is 3. The molecule has 0 radical (unpaired) electrons. The van der Waals surface area contributed by atoms with Crippen LogP contribution in [0.2, 0.25) is 0 Å². The number of carbonyl (C=O) groups is 2. The van der Waals surface area contributed by atoms with Gasteiger partial charge >= 0.3 is 0 Å². The lowest BCUT2D eigenvalue weighted by molar-refractivity contribution is -0.127. The highest BCUT2D eigenvalue weighted by Gasteiger charge is 2.36. The Balaban J connectivity index is 1.66. The third kappa shape index (κ3) is 2.76. The van der Waals surface area contributed by atoms with Crippen molar-refractivity contribution in [1.82, 2.24) is 10.6 Å². The summed E-state index contributed by atoms with van der Waals surface area (Å²) in [5, 5.41) is 5.87. The Labute approximate surface area is 122 Å². The molecule has 21 heavy (non-hydrogen) atoms. The predicted molar refractivity (Wildman–Crippen MR) is 76.3 cm³/mol. The van der Waals surface area contributed by atoms with Crippen LogP contribution in [0.5, 0.6) is 0 Å². The maximum absolute atomic E-state index is 13.8. The molecule has 1 aromatic rings. The predicted octanol–water partition coefficient (Wildman–Crippen LogP) is 0.799. The number of hydrogen-bond acceptors (Lipinski definition) is 3. The van der Waals surface area contributed by atoms with Crippen LogP contribution in [0, 0.1) is 5.82 Å². The van der Waals surface area contributed by atoms with Crippen molar-refractivity contribution in [3.63, 3.8) is 0 Å². The summed E-state index contributed by atoms with van der Waals surface area (Å²) in [5.74, 6) is -0.803. The second kappa shape index (κ2) is 5.81. The Morgan fingerprint density at radius 3 is 2.86 bits per heavy atom. The lowest BCUT2D eigenvalue weighted by Gasteiger charge is -2.19. The van der Waals surface area contributed by atoms with Crippen LogP contribution < -0.4 is 15.5 Å². The molecule has 0 saturated carbocycles. The fourth-order valence-electron chi connectivity index (χ4n) is 2.90. The molecule has 0 aliphatic carbocycles. The summed E-state index contributed by atoms with van der Waals surface area (Å²) in [5.41, 5.74) is 0.276. The van der Waals surface area contributed by atoms with E-state index >= 15 is 0 Å². The highest BCUT2D eigenvalue weighted by molar-refractivity contribution is 6.01. The minimum absolute atomic E-state index is 0.138. The van der Waals surface area contributed by atoms with E-state index in [1.165, 1.54) is 11.0 Å². The average molecular weight is 291 g/mol. The first kappa shape index (κ1) is 14.0. The normalized spacial score (nSPS) is 25.4. The molecular weight excluding hydrogens is 273 g/mol. The Bertz CT molecular complexity index is 558. The van der Waals surface area contributed by atoms with E-state index in [0.29, 0.717) is 13.0 Å². The highest BCUT2D eigenvalue weighted by atomic mass is 19.1. The zero-order valence-electron chi connectivity index (χ0n) is 11.6. The van der Waals surface area contributed by atoms with Gasteiger partial charge in [0, 0.05) is 6.54 Å². The molecule has 2 aliphatic heterocycles. The standard InChI is InChI=1S/C15H18FN3O2/c16-10-4-1-2-6-13(10)19-9-7-12(15(19)21)18-14(20)11-5-3-8-17-11/h1-2,4,6,11-12,17H,3,5,7-9H2,(H,18,20). The average Bonchev–Trinajstić information content (AvgIpc) is 3.11. The number of benzene rings is 1. The van der Waals surface area contributed by atoms with Crippen molar-refractivity contribution in [2.24, 2.45) is 0 Å². The number of nitrogens with zero attached hydrogens (tertiary/aromatic N) is 1. The van der Waals surface area contributed by atoms with Gasteiger partial charge in [0.15, 0.2) is 0 Å². The number of carbonyl (C=O) groups excluding carboxylic acids is 2. The van der Waals surface area contributed by atoms with Crippen LogP contribution in [0.1, 0.15) is 19.3 Å². The largest absolute Gasteiger partial charge is 0.343 e. The molecule has 2 N–H and O–H groups in total. The number of hydrogen-bond donors (Lipinski definition) is 2. The summed E-state index contributed by atoms with van der Waals surface area (Å²) >= 11 is 0. The maximum Gasteiger partial charge on any atom is 0.249 e. The number of nitrogens with one attached hydrogen (secondary N) is 2. The Hall–Kier alpha value is -1.95. The maximum atomic E-state index is 13.8. The van der Waals surface area contributed by atoms with Gasteiger partial charge in [0.05, 0.1) is 11.7 Å². The van der Waals surface area contributed by atoms with E-state index < -0.39 is 11.9 Å². The quantitative estimate of drug-likeness (QED) is 0.866. The van der Waals surface area contributed by atoms with Gasteiger partial charge in [0.1, 0.15) is 11.9 Å². The Kier molecular flexibility index (Phi) is 3.88. The van der Waals surface area contributed by atoms with Gasteiger partial charge in [0.25, 0.3) is 0 Å². The van der Waals surface area contributed by atoms with Gasteiger partial charge in [-0.05, 0) is 37.9 Å². The van der Waals surface area contributed by atoms with Crippen molar-refractivity contribution in [1.29, 1.82) is 0 Å². The van der Waals surface area contributed by atoms with Crippen molar-refractivity contribution in [3.05, 3.63) is 30.1 Å². The second-order valence-electron chi connectivity index (χ2n) is 5.44. The molecule has 2 fully saturated rings. The molecular formula is C15H18FN3O2. The number of amides is 2. The van der Waals surface area contributed by atoms with Gasteiger partial charge in [-0.15, -0.1) is 0 Å². The molecule has 3 rings (SSSR count). The monoisotopic (exact) mass is 291 g/mol. The van der Waals surface area contributed by atoms with Crippen LogP contribution in [-0.2, 0) is 9.59 Å². The fourth-order valence-corrected chi connectivity index (χ4v) is 2.90. The van der Waals surface area contributed by atoms with Crippen LogP contribution in [0.15, 0.2) is 24.3 Å². The van der Waals surface area contributed by atoms with E-state index in [-0.39, 0.29) is 23.5 Å². The minimum atomic E-state index is -0.556. The molecule has 112 valence electrons. The van der Waals surface area contributed by atoms with E-state index in [9.17, 15) is 14.0 Å². The number of para-hydroxylation sites is 1. The van der Waals surface area contributed by atoms with E-state index in [1.807, 2.05) is 0 Å². The number of halogens is 1. The minimum Gasteiger partial charge on any atom is -0.343 e. The van der Waals surface area contributed by atoms with Crippen molar-refractivity contribution in [2.45, 2.75) is 31.3 Å². The van der Waals surface area contributed by atoms with Crippen molar-refractivity contribution >= 4 is 17.5 Å². The molecule has 6 heteroatoms. The van der Waals surface area contributed by atoms with Crippen LogP contribution >= 0.6 is 0 Å². The third-order valence-electron chi connectivity index (χ3n) is 4.04. The summed E-state index contributed by atoms with van der Waals surface area (Å²) in [6.07, 6.45) is 2.27. The third-order valence-corrected chi connectivity index (χ3v) is 4.04. The van der Waals surface area contributed by atoms with Crippen molar-refractivity contribution in [3.8, 4) is 0 Å². The molecule has 2 heterocycles. The van der Waals surface area contributed by atoms with Gasteiger partial charge in [-0.25, -0.2) is 4.39 Å². The van der Waals surface area contributed by atoms with Crippen molar-refractivity contribution in [2.75, 3.05) is 18.0 Å². The summed E-state index contributed by atoms with van der Waals surface area (Å²) in [6, 6.07) is 5.43. The molecule has 1 aromatic carbocycles. The highest BCUT2D eigenvalue weighted by Crippen LogP contribution is 2.24. The molecule has 2 saturated heterocycles. The zero-order valence-corrected chi connectivity index (χ0v) is 11.6. The first-order chi connectivity index (χ1) is 10.2. The molecule has 2 aliphatic rings. The second-order valence-corrected chi connectivity index (χ2v) is 5.44. The Morgan fingerprint density at radius 1 is 1.33 bits per heavy atom. The fraction of sp³-hybridized carbons (Fsp3) is 0.467. The first-order valence-electron chi connectivity index (χ1n) is 7.26. The van der Waals surface area contributed by atoms with E-state index in [0.717, 1.165) is 19.4 Å². The SMILES string of the molecule is O=C(NC1CCN(c2ccccc2F)C1=O)C1CCCN1. The molecule has 0 spiro atoms. The van der Waals surface area contributed by atoms with Crippen LogP contribution in [0.25, 0.3) is 0 Å². The molecule has 0 bridgehead atoms. The number of anilines is 1. The molecule has 2 amide bonds. The Morgan fingerprint density at radius 2 is 2.14 bits per heavy atom. The van der Waals surface area contributed by atoms with E-state index in [4.69, 9.17) is 0 Å². The molecule has 0 aromatic heterocycles. The van der Waals surface area contributed by atoms with Gasteiger partial charge in [-0.1, -0.05) is 12.1 Å². The van der Waals surface area contributed by atoms with E-state index in [1.54, 1.807) is 18.2 Å². The van der Waals surface area contributed by atoms with Gasteiger partial charge in [-0.2, -0.15) is 0 Å². The molecule has 2 unspecified atom stereocenters. The zero-order chi connectivity index (χ0) is 14.8. The molecule has 2 atom stereocenters.